The van der Waals surface area contributed by atoms with Crippen LogP contribution < -0.4 is 5.32 Å². The lowest BCUT2D eigenvalue weighted by Gasteiger charge is -2.07. The summed E-state index contributed by atoms with van der Waals surface area (Å²) in [6, 6.07) is 3.94. The molecule has 0 radical (unpaired) electrons. The number of hydrogen-bond donors (Lipinski definition) is 2. The van der Waals surface area contributed by atoms with E-state index in [9.17, 15) is 4.79 Å². The van der Waals surface area contributed by atoms with E-state index in [1.54, 1.807) is 12.1 Å². The van der Waals surface area contributed by atoms with Gasteiger partial charge < -0.3 is 10.4 Å². The zero-order valence-corrected chi connectivity index (χ0v) is 8.60. The summed E-state index contributed by atoms with van der Waals surface area (Å²) >= 11 is 0. The molecular weight excluding hydrogens is 192 g/mol. The summed E-state index contributed by atoms with van der Waals surface area (Å²) in [5.41, 5.74) is 0.741. The number of nitrogens with one attached hydrogen (secondary N) is 1. The fraction of sp³-hybridized carbons (Fsp3) is 0.455. The molecule has 2 atom stereocenters. The average Bonchev–Trinajstić information content (AvgIpc) is 2.97. The Morgan fingerprint density at radius 1 is 1.73 bits per heavy atom. The number of aromatic nitrogens is 1. The van der Waals surface area contributed by atoms with Crippen LogP contribution >= 0.6 is 0 Å². The van der Waals surface area contributed by atoms with E-state index in [1.807, 2.05) is 0 Å². The molecule has 0 amide bonds. The van der Waals surface area contributed by atoms with Crippen LogP contribution in [-0.4, -0.2) is 22.1 Å². The van der Waals surface area contributed by atoms with Crippen molar-refractivity contribution in [3.63, 3.8) is 0 Å². The van der Waals surface area contributed by atoms with Crippen molar-refractivity contribution in [3.8, 4) is 0 Å². The Bertz CT molecular complexity index is 379. The molecule has 1 aromatic rings. The van der Waals surface area contributed by atoms with Crippen LogP contribution in [0.25, 0.3) is 0 Å². The van der Waals surface area contributed by atoms with Gasteiger partial charge in [0.2, 0.25) is 0 Å². The number of nitrogens with zero attached hydrogens (tertiary/aromatic N) is 1. The fourth-order valence-corrected chi connectivity index (χ4v) is 1.77. The highest BCUT2D eigenvalue weighted by atomic mass is 16.4. The van der Waals surface area contributed by atoms with E-state index in [0.717, 1.165) is 12.8 Å². The Hall–Kier alpha value is -1.58. The number of carboxylic acids is 1. The molecule has 2 rings (SSSR count). The van der Waals surface area contributed by atoms with Crippen LogP contribution in [0.2, 0.25) is 0 Å². The topological polar surface area (TPSA) is 62.2 Å². The Kier molecular flexibility index (Phi) is 2.58. The molecule has 0 saturated heterocycles. The SMILES string of the molecule is CCC1CC1Nc1cccnc1C(=O)O. The largest absolute Gasteiger partial charge is 0.476 e. The molecule has 1 aromatic heterocycles. The second kappa shape index (κ2) is 3.88. The van der Waals surface area contributed by atoms with Gasteiger partial charge in [-0.15, -0.1) is 0 Å². The molecule has 80 valence electrons. The normalized spacial score (nSPS) is 23.5. The molecule has 1 saturated carbocycles. The van der Waals surface area contributed by atoms with E-state index in [-0.39, 0.29) is 5.69 Å². The van der Waals surface area contributed by atoms with Crippen molar-refractivity contribution >= 4 is 11.7 Å². The molecule has 0 aromatic carbocycles. The predicted octanol–water partition coefficient (Wildman–Crippen LogP) is 1.99. The van der Waals surface area contributed by atoms with Gasteiger partial charge in [0.15, 0.2) is 5.69 Å². The van der Waals surface area contributed by atoms with Crippen LogP contribution in [0.5, 0.6) is 0 Å². The molecular formula is C11H14N2O2. The zero-order valence-electron chi connectivity index (χ0n) is 8.60. The maximum absolute atomic E-state index is 10.9. The van der Waals surface area contributed by atoms with Crippen molar-refractivity contribution in [2.24, 2.45) is 5.92 Å². The highest BCUT2D eigenvalue weighted by molar-refractivity contribution is 5.91. The number of carboxylic acid groups (broad SMARTS) is 1. The highest BCUT2D eigenvalue weighted by Gasteiger charge is 2.35. The van der Waals surface area contributed by atoms with Gasteiger partial charge in [0.05, 0.1) is 5.69 Å². The van der Waals surface area contributed by atoms with Gasteiger partial charge in [-0.1, -0.05) is 13.3 Å². The maximum Gasteiger partial charge on any atom is 0.356 e. The molecule has 1 heterocycles. The molecule has 2 N–H and O–H groups in total. The van der Waals surface area contributed by atoms with Crippen molar-refractivity contribution in [1.29, 1.82) is 0 Å². The third-order valence-corrected chi connectivity index (χ3v) is 2.80. The molecule has 0 spiro atoms. The van der Waals surface area contributed by atoms with E-state index in [1.165, 1.54) is 6.20 Å². The quantitative estimate of drug-likeness (QED) is 0.790. The minimum Gasteiger partial charge on any atom is -0.476 e. The lowest BCUT2D eigenvalue weighted by Crippen LogP contribution is -2.10. The highest BCUT2D eigenvalue weighted by Crippen LogP contribution is 2.36. The van der Waals surface area contributed by atoms with Gasteiger partial charge in [-0.05, 0) is 24.5 Å². The van der Waals surface area contributed by atoms with Crippen molar-refractivity contribution in [2.75, 3.05) is 5.32 Å². The smallest absolute Gasteiger partial charge is 0.356 e. The summed E-state index contributed by atoms with van der Waals surface area (Å²) < 4.78 is 0. The molecule has 15 heavy (non-hydrogen) atoms. The van der Waals surface area contributed by atoms with E-state index in [2.05, 4.69) is 17.2 Å². The van der Waals surface area contributed by atoms with Crippen LogP contribution in [0.4, 0.5) is 5.69 Å². The molecule has 1 aliphatic rings. The standard InChI is InChI=1S/C11H14N2O2/c1-2-7-6-9(7)13-8-4-3-5-12-10(8)11(14)15/h3-5,7,9,13H,2,6H2,1H3,(H,14,15). The summed E-state index contributed by atoms with van der Waals surface area (Å²) in [4.78, 5) is 14.7. The predicted molar refractivity (Wildman–Crippen MR) is 57.0 cm³/mol. The van der Waals surface area contributed by atoms with E-state index >= 15 is 0 Å². The average molecular weight is 206 g/mol. The van der Waals surface area contributed by atoms with Crippen molar-refractivity contribution in [3.05, 3.63) is 24.0 Å². The van der Waals surface area contributed by atoms with E-state index < -0.39 is 5.97 Å². The Balaban J connectivity index is 2.11. The molecule has 1 aliphatic carbocycles. The first-order valence-electron chi connectivity index (χ1n) is 5.17. The second-order valence-electron chi connectivity index (χ2n) is 3.86. The first-order valence-corrected chi connectivity index (χ1v) is 5.17. The Morgan fingerprint density at radius 3 is 3.13 bits per heavy atom. The van der Waals surface area contributed by atoms with Crippen LogP contribution in [0.3, 0.4) is 0 Å². The molecule has 0 aliphatic heterocycles. The summed E-state index contributed by atoms with van der Waals surface area (Å²) in [7, 11) is 0. The number of pyridine rings is 1. The molecule has 2 unspecified atom stereocenters. The van der Waals surface area contributed by atoms with E-state index in [0.29, 0.717) is 17.6 Å². The van der Waals surface area contributed by atoms with E-state index in [4.69, 9.17) is 5.11 Å². The second-order valence-corrected chi connectivity index (χ2v) is 3.86. The van der Waals surface area contributed by atoms with Gasteiger partial charge in [0.1, 0.15) is 0 Å². The van der Waals surface area contributed by atoms with Crippen LogP contribution in [0.15, 0.2) is 18.3 Å². The van der Waals surface area contributed by atoms with Gasteiger partial charge in [0.25, 0.3) is 0 Å². The van der Waals surface area contributed by atoms with Gasteiger partial charge in [-0.25, -0.2) is 9.78 Å². The number of carbonyl (C=O) groups is 1. The number of hydrogen-bond acceptors (Lipinski definition) is 3. The third-order valence-electron chi connectivity index (χ3n) is 2.80. The van der Waals surface area contributed by atoms with Gasteiger partial charge >= 0.3 is 5.97 Å². The minimum atomic E-state index is -0.980. The monoisotopic (exact) mass is 206 g/mol. The molecule has 4 nitrogen and oxygen atoms in total. The van der Waals surface area contributed by atoms with Crippen molar-refractivity contribution in [1.82, 2.24) is 4.98 Å². The summed E-state index contributed by atoms with van der Waals surface area (Å²) in [6.45, 7) is 2.15. The number of rotatable bonds is 4. The fourth-order valence-electron chi connectivity index (χ4n) is 1.77. The maximum atomic E-state index is 10.9. The molecule has 1 fully saturated rings. The van der Waals surface area contributed by atoms with Crippen molar-refractivity contribution in [2.45, 2.75) is 25.8 Å². The van der Waals surface area contributed by atoms with Crippen LogP contribution in [-0.2, 0) is 0 Å². The molecule has 0 bridgehead atoms. The number of aromatic carboxylic acids is 1. The summed E-state index contributed by atoms with van der Waals surface area (Å²) in [5.74, 6) is -0.293. The summed E-state index contributed by atoms with van der Waals surface area (Å²) in [6.07, 6.45) is 3.77. The minimum absolute atomic E-state index is 0.110. The van der Waals surface area contributed by atoms with Crippen LogP contribution in [0, 0.1) is 5.92 Å². The first kappa shape index (κ1) is 9.96. The third kappa shape index (κ3) is 2.09. The lowest BCUT2D eigenvalue weighted by molar-refractivity contribution is 0.0691. The zero-order chi connectivity index (χ0) is 10.8. The molecule has 4 heteroatoms. The number of anilines is 1. The van der Waals surface area contributed by atoms with Crippen molar-refractivity contribution < 1.29 is 9.90 Å². The summed E-state index contributed by atoms with van der Waals surface area (Å²) in [5, 5.41) is 12.1. The first-order chi connectivity index (χ1) is 7.22. The Morgan fingerprint density at radius 2 is 2.53 bits per heavy atom. The van der Waals surface area contributed by atoms with Crippen LogP contribution in [0.1, 0.15) is 30.3 Å². The Labute approximate surface area is 88.3 Å². The lowest BCUT2D eigenvalue weighted by atomic mass is 10.2. The van der Waals surface area contributed by atoms with Gasteiger partial charge in [-0.2, -0.15) is 0 Å². The van der Waals surface area contributed by atoms with Gasteiger partial charge in [0, 0.05) is 12.2 Å². The van der Waals surface area contributed by atoms with Gasteiger partial charge in [-0.3, -0.25) is 0 Å².